The molecule has 0 bridgehead atoms. The van der Waals surface area contributed by atoms with Crippen LogP contribution in [-0.2, 0) is 4.74 Å². The van der Waals surface area contributed by atoms with Crippen LogP contribution in [-0.4, -0.2) is 13.8 Å². The molecule has 0 unspecified atom stereocenters. The highest BCUT2D eigenvalue weighted by Gasteiger charge is 1.98. The Morgan fingerprint density at radius 3 is 2.00 bits per heavy atom. The predicted molar refractivity (Wildman–Crippen MR) is 44.1 cm³/mol. The van der Waals surface area contributed by atoms with E-state index in [4.69, 9.17) is 4.74 Å². The summed E-state index contributed by atoms with van der Waals surface area (Å²) in [5.74, 6) is 0.549. The van der Waals surface area contributed by atoms with Crippen LogP contribution in [0.2, 0.25) is 0 Å². The van der Waals surface area contributed by atoms with Gasteiger partial charge < -0.3 is 4.74 Å². The van der Waals surface area contributed by atoms with Gasteiger partial charge in [0.15, 0.2) is 0 Å². The Kier molecular flexibility index (Phi) is 3.47. The third kappa shape index (κ3) is 2.05. The number of hydrogen-bond acceptors (Lipinski definition) is 2. The van der Waals surface area contributed by atoms with Gasteiger partial charge in [-0.2, -0.15) is 0 Å². The number of ether oxygens (including phenoxy) is 1. The molecule has 0 aliphatic heterocycles. The van der Waals surface area contributed by atoms with E-state index in [1.807, 2.05) is 13.8 Å². The number of hydrogen-bond donors (Lipinski definition) is 0. The molecule has 0 atom stereocenters. The molecule has 0 spiro atoms. The summed E-state index contributed by atoms with van der Waals surface area (Å²) in [4.78, 5) is 3.67. The van der Waals surface area contributed by atoms with E-state index < -0.39 is 0 Å². The Bertz CT molecular complexity index is 180. The van der Waals surface area contributed by atoms with Crippen molar-refractivity contribution in [3.63, 3.8) is 0 Å². The minimum atomic E-state index is 0.549. The molecule has 0 fully saturated rings. The fourth-order valence-corrected chi connectivity index (χ4v) is 0.519. The van der Waals surface area contributed by atoms with Crippen LogP contribution in [0.3, 0.4) is 0 Å². The first-order chi connectivity index (χ1) is 4.63. The molecule has 0 aromatic heterocycles. The molecule has 0 rings (SSSR count). The van der Waals surface area contributed by atoms with Crippen LogP contribution in [0, 0.1) is 0 Å². The average molecular weight is 139 g/mol. The maximum Gasteiger partial charge on any atom is 0.215 e. The van der Waals surface area contributed by atoms with Crippen LogP contribution < -0.4 is 0 Å². The Morgan fingerprint density at radius 1 is 1.40 bits per heavy atom. The van der Waals surface area contributed by atoms with E-state index in [2.05, 4.69) is 18.3 Å². The lowest BCUT2D eigenvalue weighted by atomic mass is 10.2. The Morgan fingerprint density at radius 2 is 1.90 bits per heavy atom. The lowest BCUT2D eigenvalue weighted by Gasteiger charge is -2.03. The van der Waals surface area contributed by atoms with Gasteiger partial charge in [0.2, 0.25) is 5.88 Å². The fourth-order valence-electron chi connectivity index (χ4n) is 0.519. The molecule has 0 aliphatic rings. The van der Waals surface area contributed by atoms with Gasteiger partial charge in [0.25, 0.3) is 0 Å². The van der Waals surface area contributed by atoms with Crippen molar-refractivity contribution in [3.05, 3.63) is 23.6 Å². The monoisotopic (exact) mass is 139 g/mol. The van der Waals surface area contributed by atoms with Crippen molar-refractivity contribution in [2.24, 2.45) is 4.99 Å². The number of allylic oxidation sites excluding steroid dienone is 2. The standard InChI is InChI=1S/C8H13NO/c1-6(2)7(3)8(9-4)10-5/h1,4H2,2-3,5H3/b8-7+. The van der Waals surface area contributed by atoms with Crippen molar-refractivity contribution in [2.75, 3.05) is 7.11 Å². The highest BCUT2D eigenvalue weighted by molar-refractivity contribution is 5.33. The molecule has 2 nitrogen and oxygen atoms in total. The minimum absolute atomic E-state index is 0.549. The van der Waals surface area contributed by atoms with Gasteiger partial charge in [-0.1, -0.05) is 12.2 Å². The van der Waals surface area contributed by atoms with E-state index in [1.165, 1.54) is 0 Å². The fraction of sp³-hybridized carbons (Fsp3) is 0.375. The van der Waals surface area contributed by atoms with Crippen LogP contribution in [0.25, 0.3) is 0 Å². The second kappa shape index (κ2) is 3.88. The summed E-state index contributed by atoms with van der Waals surface area (Å²) in [6.45, 7) is 10.9. The van der Waals surface area contributed by atoms with Crippen molar-refractivity contribution < 1.29 is 4.74 Å². The molecule has 0 aromatic carbocycles. The van der Waals surface area contributed by atoms with Crippen molar-refractivity contribution in [2.45, 2.75) is 13.8 Å². The van der Waals surface area contributed by atoms with E-state index in [9.17, 15) is 0 Å². The minimum Gasteiger partial charge on any atom is -0.481 e. The first kappa shape index (κ1) is 8.95. The molecule has 10 heavy (non-hydrogen) atoms. The van der Waals surface area contributed by atoms with E-state index in [0.29, 0.717) is 5.88 Å². The lowest BCUT2D eigenvalue weighted by Crippen LogP contribution is -1.88. The summed E-state index contributed by atoms with van der Waals surface area (Å²) in [6.07, 6.45) is 0. The molecular weight excluding hydrogens is 126 g/mol. The van der Waals surface area contributed by atoms with Crippen LogP contribution in [0.1, 0.15) is 13.8 Å². The van der Waals surface area contributed by atoms with E-state index in [-0.39, 0.29) is 0 Å². The average Bonchev–Trinajstić information content (AvgIpc) is 1.90. The van der Waals surface area contributed by atoms with Gasteiger partial charge in [0, 0.05) is 5.57 Å². The molecule has 56 valence electrons. The van der Waals surface area contributed by atoms with E-state index in [1.54, 1.807) is 7.11 Å². The highest BCUT2D eigenvalue weighted by Crippen LogP contribution is 2.12. The Balaban J connectivity index is 4.59. The van der Waals surface area contributed by atoms with Gasteiger partial charge in [0.05, 0.1) is 7.11 Å². The third-order valence-electron chi connectivity index (χ3n) is 1.30. The Labute approximate surface area is 61.9 Å². The van der Waals surface area contributed by atoms with Gasteiger partial charge in [-0.3, -0.25) is 0 Å². The number of aliphatic imine (C=N–C) groups is 1. The van der Waals surface area contributed by atoms with Crippen molar-refractivity contribution in [1.29, 1.82) is 0 Å². The maximum atomic E-state index is 4.91. The van der Waals surface area contributed by atoms with Gasteiger partial charge >= 0.3 is 0 Å². The van der Waals surface area contributed by atoms with Crippen LogP contribution in [0.5, 0.6) is 0 Å². The molecule has 0 saturated carbocycles. The summed E-state index contributed by atoms with van der Waals surface area (Å²) in [5.41, 5.74) is 1.89. The summed E-state index contributed by atoms with van der Waals surface area (Å²) < 4.78 is 4.91. The van der Waals surface area contributed by atoms with Crippen LogP contribution in [0.15, 0.2) is 28.6 Å². The summed E-state index contributed by atoms with van der Waals surface area (Å²) in [6, 6.07) is 0. The zero-order valence-electron chi connectivity index (χ0n) is 6.77. The van der Waals surface area contributed by atoms with Crippen molar-refractivity contribution in [1.82, 2.24) is 0 Å². The second-order valence-corrected chi connectivity index (χ2v) is 2.07. The zero-order chi connectivity index (χ0) is 8.15. The highest BCUT2D eigenvalue weighted by atomic mass is 16.5. The summed E-state index contributed by atoms with van der Waals surface area (Å²) >= 11 is 0. The lowest BCUT2D eigenvalue weighted by molar-refractivity contribution is 0.285. The largest absolute Gasteiger partial charge is 0.481 e. The van der Waals surface area contributed by atoms with E-state index in [0.717, 1.165) is 11.1 Å². The number of methoxy groups -OCH3 is 1. The number of rotatable bonds is 3. The molecule has 0 heterocycles. The maximum absolute atomic E-state index is 4.91. The molecule has 0 radical (unpaired) electrons. The topological polar surface area (TPSA) is 21.6 Å². The van der Waals surface area contributed by atoms with Gasteiger partial charge in [-0.25, -0.2) is 4.99 Å². The zero-order valence-corrected chi connectivity index (χ0v) is 6.77. The second-order valence-electron chi connectivity index (χ2n) is 2.07. The summed E-state index contributed by atoms with van der Waals surface area (Å²) in [5, 5.41) is 0. The van der Waals surface area contributed by atoms with Gasteiger partial charge in [-0.15, -0.1) is 0 Å². The smallest absolute Gasteiger partial charge is 0.215 e. The predicted octanol–water partition coefficient (Wildman–Crippen LogP) is 2.14. The van der Waals surface area contributed by atoms with Crippen LogP contribution in [0.4, 0.5) is 0 Å². The molecule has 0 N–H and O–H groups in total. The molecular formula is C8H13NO. The first-order valence-electron chi connectivity index (χ1n) is 3.01. The SMILES string of the molecule is C=N/C(OC)=C(/C)C(=C)C. The molecule has 0 aliphatic carbocycles. The third-order valence-corrected chi connectivity index (χ3v) is 1.30. The molecule has 2 heteroatoms. The quantitative estimate of drug-likeness (QED) is 0.333. The van der Waals surface area contributed by atoms with Gasteiger partial charge in [-0.05, 0) is 20.6 Å². The van der Waals surface area contributed by atoms with Crippen molar-refractivity contribution >= 4 is 6.72 Å². The van der Waals surface area contributed by atoms with E-state index >= 15 is 0 Å². The van der Waals surface area contributed by atoms with Gasteiger partial charge in [0.1, 0.15) is 0 Å². The molecule has 0 saturated heterocycles. The first-order valence-corrected chi connectivity index (χ1v) is 3.01. The van der Waals surface area contributed by atoms with Crippen molar-refractivity contribution in [3.8, 4) is 0 Å². The normalized spacial score (nSPS) is 11.9. The summed E-state index contributed by atoms with van der Waals surface area (Å²) in [7, 11) is 1.57. The Hall–Kier alpha value is -1.05. The van der Waals surface area contributed by atoms with Crippen LogP contribution >= 0.6 is 0 Å². The molecule has 0 aromatic rings. The molecule has 0 amide bonds. The number of nitrogens with zero attached hydrogens (tertiary/aromatic N) is 1.